The molecule has 27 heavy (non-hydrogen) atoms. The molecule has 138 valence electrons. The van der Waals surface area contributed by atoms with Crippen molar-refractivity contribution in [3.63, 3.8) is 0 Å². The molecule has 2 N–H and O–H groups in total. The topological polar surface area (TPSA) is 114 Å². The lowest BCUT2D eigenvalue weighted by molar-refractivity contribution is -0.385. The van der Waals surface area contributed by atoms with E-state index in [1.807, 2.05) is 0 Å². The number of nitro benzene ring substituents is 1. The Morgan fingerprint density at radius 2 is 1.78 bits per heavy atom. The van der Waals surface area contributed by atoms with Crippen molar-refractivity contribution in [1.82, 2.24) is 5.43 Å². The number of carbonyl (C=O) groups is 2. The van der Waals surface area contributed by atoms with E-state index in [-0.39, 0.29) is 23.1 Å². The molecule has 0 atom stereocenters. The zero-order valence-corrected chi connectivity index (χ0v) is 14.6. The van der Waals surface area contributed by atoms with E-state index >= 15 is 0 Å². The molecule has 0 heterocycles. The second-order valence-electron chi connectivity index (χ2n) is 6.25. The Bertz CT molecular complexity index is 918. The zero-order chi connectivity index (χ0) is 19.4. The molecular formula is C19H18N4O4. The van der Waals surface area contributed by atoms with Gasteiger partial charge < -0.3 is 5.32 Å². The molecule has 0 aliphatic heterocycles. The van der Waals surface area contributed by atoms with Crippen molar-refractivity contribution in [2.45, 2.75) is 19.8 Å². The number of benzene rings is 2. The van der Waals surface area contributed by atoms with Crippen LogP contribution in [0, 0.1) is 16.0 Å². The van der Waals surface area contributed by atoms with Crippen LogP contribution in [0.5, 0.6) is 0 Å². The molecule has 8 heteroatoms. The SMILES string of the molecule is CC(=NNC(=O)c1ccccc1[N+](=O)[O-])c1ccc(NC(=O)C2CC2)cc1. The summed E-state index contributed by atoms with van der Waals surface area (Å²) in [6.45, 7) is 1.71. The number of nitrogens with zero attached hydrogens (tertiary/aromatic N) is 2. The van der Waals surface area contributed by atoms with E-state index in [1.165, 1.54) is 18.2 Å². The summed E-state index contributed by atoms with van der Waals surface area (Å²) in [4.78, 5) is 34.3. The highest BCUT2D eigenvalue weighted by Crippen LogP contribution is 2.30. The largest absolute Gasteiger partial charge is 0.326 e. The van der Waals surface area contributed by atoms with Crippen LogP contribution in [-0.2, 0) is 4.79 Å². The van der Waals surface area contributed by atoms with Crippen molar-refractivity contribution in [3.05, 3.63) is 69.8 Å². The molecule has 0 radical (unpaired) electrons. The summed E-state index contributed by atoms with van der Waals surface area (Å²) < 4.78 is 0. The molecule has 1 aliphatic rings. The van der Waals surface area contributed by atoms with E-state index in [0.717, 1.165) is 18.4 Å². The van der Waals surface area contributed by atoms with Gasteiger partial charge in [-0.05, 0) is 43.5 Å². The minimum atomic E-state index is -0.657. The number of hydrazone groups is 1. The van der Waals surface area contributed by atoms with Gasteiger partial charge in [0.25, 0.3) is 11.6 Å². The van der Waals surface area contributed by atoms with Gasteiger partial charge in [0.1, 0.15) is 5.56 Å². The van der Waals surface area contributed by atoms with E-state index in [9.17, 15) is 19.7 Å². The number of anilines is 1. The molecule has 3 rings (SSSR count). The maximum absolute atomic E-state index is 12.2. The Balaban J connectivity index is 1.66. The van der Waals surface area contributed by atoms with Gasteiger partial charge in [-0.15, -0.1) is 0 Å². The highest BCUT2D eigenvalue weighted by Gasteiger charge is 2.29. The van der Waals surface area contributed by atoms with Gasteiger partial charge in [0.15, 0.2) is 0 Å². The number of carbonyl (C=O) groups excluding carboxylic acids is 2. The van der Waals surface area contributed by atoms with Crippen molar-refractivity contribution in [2.24, 2.45) is 11.0 Å². The fourth-order valence-corrected chi connectivity index (χ4v) is 2.47. The predicted octanol–water partition coefficient (Wildman–Crippen LogP) is 3.10. The molecule has 0 aromatic heterocycles. The summed E-state index contributed by atoms with van der Waals surface area (Å²) in [6.07, 6.45) is 1.88. The Labute approximate surface area is 155 Å². The lowest BCUT2D eigenvalue weighted by Gasteiger charge is -2.06. The minimum absolute atomic E-state index is 0.0323. The van der Waals surface area contributed by atoms with E-state index in [0.29, 0.717) is 11.4 Å². The molecule has 0 spiro atoms. The first-order valence-corrected chi connectivity index (χ1v) is 8.45. The number of para-hydroxylation sites is 1. The van der Waals surface area contributed by atoms with Crippen LogP contribution in [-0.4, -0.2) is 22.4 Å². The summed E-state index contributed by atoms with van der Waals surface area (Å²) in [5.41, 5.74) is 3.98. The molecule has 2 amide bonds. The van der Waals surface area contributed by atoms with Crippen LogP contribution in [0.2, 0.25) is 0 Å². The molecule has 0 unspecified atom stereocenters. The standard InChI is InChI=1S/C19H18N4O4/c1-12(13-8-10-15(11-9-13)20-18(24)14-6-7-14)21-22-19(25)16-4-2-3-5-17(16)23(26)27/h2-5,8-11,14H,6-7H2,1H3,(H,20,24)(H,22,25). The summed E-state index contributed by atoms with van der Waals surface area (Å²) in [5.74, 6) is -0.495. The van der Waals surface area contributed by atoms with E-state index < -0.39 is 10.8 Å². The maximum atomic E-state index is 12.2. The second kappa shape index (κ2) is 7.77. The van der Waals surface area contributed by atoms with Gasteiger partial charge in [-0.25, -0.2) is 5.43 Å². The van der Waals surface area contributed by atoms with Crippen LogP contribution in [0.15, 0.2) is 53.6 Å². The first kappa shape index (κ1) is 18.2. The van der Waals surface area contributed by atoms with Gasteiger partial charge in [-0.3, -0.25) is 19.7 Å². The first-order chi connectivity index (χ1) is 13.0. The Morgan fingerprint density at radius 3 is 2.41 bits per heavy atom. The zero-order valence-electron chi connectivity index (χ0n) is 14.6. The number of hydrogen-bond acceptors (Lipinski definition) is 5. The highest BCUT2D eigenvalue weighted by molar-refractivity contribution is 6.02. The van der Waals surface area contributed by atoms with Crippen LogP contribution in [0.1, 0.15) is 35.7 Å². The van der Waals surface area contributed by atoms with Gasteiger partial charge in [0.05, 0.1) is 10.6 Å². The van der Waals surface area contributed by atoms with Gasteiger partial charge in [-0.2, -0.15) is 5.10 Å². The number of rotatable bonds is 6. The van der Waals surface area contributed by atoms with Gasteiger partial charge in [-0.1, -0.05) is 24.3 Å². The average Bonchev–Trinajstić information content (AvgIpc) is 3.51. The molecule has 1 aliphatic carbocycles. The van der Waals surface area contributed by atoms with Crippen LogP contribution < -0.4 is 10.7 Å². The molecule has 0 saturated heterocycles. The lowest BCUT2D eigenvalue weighted by atomic mass is 10.1. The van der Waals surface area contributed by atoms with E-state index in [4.69, 9.17) is 0 Å². The normalized spacial score (nSPS) is 13.7. The van der Waals surface area contributed by atoms with Gasteiger partial charge >= 0.3 is 0 Å². The fraction of sp³-hybridized carbons (Fsp3) is 0.211. The Hall–Kier alpha value is -3.55. The van der Waals surface area contributed by atoms with Crippen molar-refractivity contribution in [2.75, 3.05) is 5.32 Å². The molecule has 2 aromatic rings. The summed E-state index contributed by atoms with van der Waals surface area (Å²) in [6, 6.07) is 12.8. The second-order valence-corrected chi connectivity index (χ2v) is 6.25. The number of nitro groups is 1. The van der Waals surface area contributed by atoms with Crippen LogP contribution in [0.25, 0.3) is 0 Å². The van der Waals surface area contributed by atoms with Gasteiger partial charge in [0.2, 0.25) is 5.91 Å². The quantitative estimate of drug-likeness (QED) is 0.464. The third-order valence-electron chi connectivity index (χ3n) is 4.19. The smallest absolute Gasteiger partial charge is 0.282 e. The molecule has 1 fully saturated rings. The summed E-state index contributed by atoms with van der Waals surface area (Å²) in [5, 5.41) is 17.9. The summed E-state index contributed by atoms with van der Waals surface area (Å²) >= 11 is 0. The number of amides is 2. The first-order valence-electron chi connectivity index (χ1n) is 8.45. The summed E-state index contributed by atoms with van der Waals surface area (Å²) in [7, 11) is 0. The third-order valence-corrected chi connectivity index (χ3v) is 4.19. The monoisotopic (exact) mass is 366 g/mol. The average molecular weight is 366 g/mol. The fourth-order valence-electron chi connectivity index (χ4n) is 2.47. The van der Waals surface area contributed by atoms with Crippen molar-refractivity contribution in [3.8, 4) is 0 Å². The van der Waals surface area contributed by atoms with Crippen LogP contribution in [0.4, 0.5) is 11.4 Å². The number of hydrogen-bond donors (Lipinski definition) is 2. The molecule has 1 saturated carbocycles. The maximum Gasteiger partial charge on any atom is 0.282 e. The van der Waals surface area contributed by atoms with E-state index in [2.05, 4.69) is 15.8 Å². The minimum Gasteiger partial charge on any atom is -0.326 e. The van der Waals surface area contributed by atoms with Crippen LogP contribution in [0.3, 0.4) is 0 Å². The lowest BCUT2D eigenvalue weighted by Crippen LogP contribution is -2.20. The third kappa shape index (κ3) is 4.55. The van der Waals surface area contributed by atoms with Crippen molar-refractivity contribution >= 4 is 28.9 Å². The molecule has 0 bridgehead atoms. The van der Waals surface area contributed by atoms with Crippen LogP contribution >= 0.6 is 0 Å². The van der Waals surface area contributed by atoms with Crippen molar-refractivity contribution in [1.29, 1.82) is 0 Å². The van der Waals surface area contributed by atoms with Crippen molar-refractivity contribution < 1.29 is 14.5 Å². The molecular weight excluding hydrogens is 348 g/mol. The Morgan fingerprint density at radius 1 is 1.11 bits per heavy atom. The number of nitrogens with one attached hydrogen (secondary N) is 2. The van der Waals surface area contributed by atoms with Gasteiger partial charge in [0, 0.05) is 17.7 Å². The highest BCUT2D eigenvalue weighted by atomic mass is 16.6. The molecule has 2 aromatic carbocycles. The molecule has 8 nitrogen and oxygen atoms in total. The Kier molecular flexibility index (Phi) is 5.25. The van der Waals surface area contributed by atoms with E-state index in [1.54, 1.807) is 37.3 Å². The predicted molar refractivity (Wildman–Crippen MR) is 101 cm³/mol.